The highest BCUT2D eigenvalue weighted by Crippen LogP contribution is 2.32. The third-order valence-electron chi connectivity index (χ3n) is 5.79. The summed E-state index contributed by atoms with van der Waals surface area (Å²) in [6.45, 7) is 5.72. The molecule has 0 spiro atoms. The van der Waals surface area contributed by atoms with Crippen LogP contribution in [-0.4, -0.2) is 34.2 Å². The molecule has 0 saturated carbocycles. The lowest BCUT2D eigenvalue weighted by molar-refractivity contribution is -0.927. The lowest BCUT2D eigenvalue weighted by atomic mass is 10.1. The lowest BCUT2D eigenvalue weighted by Gasteiger charge is -2.21. The van der Waals surface area contributed by atoms with Crippen molar-refractivity contribution in [3.05, 3.63) is 77.4 Å². The molecule has 1 atom stereocenters. The van der Waals surface area contributed by atoms with E-state index in [4.69, 9.17) is 23.7 Å². The highest BCUT2D eigenvalue weighted by Gasteiger charge is 2.16. The van der Waals surface area contributed by atoms with Gasteiger partial charge in [-0.15, -0.1) is 0 Å². The summed E-state index contributed by atoms with van der Waals surface area (Å²) in [5.74, 6) is 4.06. The number of hydrogen-bond acceptors (Lipinski definition) is 5. The number of quaternary nitrogens is 1. The molecule has 0 amide bonds. The molecule has 0 aromatic heterocycles. The predicted octanol–water partition coefficient (Wildman–Crippen LogP) is 3.66. The maximum atomic E-state index is 5.60. The normalized spacial score (nSPS) is 12.9. The first-order chi connectivity index (χ1) is 16.2. The molecule has 6 nitrogen and oxygen atoms in total. The molecular formula is C27H32NO5+. The fourth-order valence-corrected chi connectivity index (χ4v) is 4.09. The van der Waals surface area contributed by atoms with E-state index in [1.54, 1.807) is 14.2 Å². The monoisotopic (exact) mass is 450 g/mol. The number of methoxy groups -OCH3 is 2. The van der Waals surface area contributed by atoms with E-state index in [9.17, 15) is 0 Å². The van der Waals surface area contributed by atoms with E-state index in [2.05, 4.69) is 36.4 Å². The highest BCUT2D eigenvalue weighted by atomic mass is 16.7. The first kappa shape index (κ1) is 22.8. The molecule has 0 radical (unpaired) electrons. The molecule has 0 aliphatic carbocycles. The van der Waals surface area contributed by atoms with Crippen molar-refractivity contribution in [3.8, 4) is 28.7 Å². The molecule has 4 rings (SSSR count). The van der Waals surface area contributed by atoms with E-state index >= 15 is 0 Å². The second-order valence-corrected chi connectivity index (χ2v) is 8.06. The minimum atomic E-state index is 0.299. The number of hydrogen-bond donors (Lipinski definition) is 1. The minimum Gasteiger partial charge on any atom is -0.494 e. The second kappa shape index (κ2) is 11.0. The van der Waals surface area contributed by atoms with Gasteiger partial charge in [0.05, 0.1) is 27.4 Å². The van der Waals surface area contributed by atoms with Gasteiger partial charge in [0.1, 0.15) is 18.8 Å². The van der Waals surface area contributed by atoms with Gasteiger partial charge in [-0.25, -0.2) is 0 Å². The summed E-state index contributed by atoms with van der Waals surface area (Å²) in [5.41, 5.74) is 3.73. The average Bonchev–Trinajstić information content (AvgIpc) is 3.32. The van der Waals surface area contributed by atoms with Gasteiger partial charge < -0.3 is 28.6 Å². The average molecular weight is 451 g/mol. The maximum Gasteiger partial charge on any atom is 0.231 e. The van der Waals surface area contributed by atoms with E-state index in [0.29, 0.717) is 13.4 Å². The summed E-state index contributed by atoms with van der Waals surface area (Å²) in [4.78, 5) is 1.45. The summed E-state index contributed by atoms with van der Waals surface area (Å²) in [6, 6.07) is 20.8. The summed E-state index contributed by atoms with van der Waals surface area (Å²) in [5, 5.41) is 0. The predicted molar refractivity (Wildman–Crippen MR) is 127 cm³/mol. The zero-order chi connectivity index (χ0) is 23.0. The zero-order valence-electron chi connectivity index (χ0n) is 19.6. The topological polar surface area (TPSA) is 50.6 Å². The quantitative estimate of drug-likeness (QED) is 0.483. The van der Waals surface area contributed by atoms with Crippen LogP contribution >= 0.6 is 0 Å². The van der Waals surface area contributed by atoms with Crippen LogP contribution in [0.5, 0.6) is 28.7 Å². The van der Waals surface area contributed by atoms with Crippen LogP contribution in [0.15, 0.2) is 60.7 Å². The summed E-state index contributed by atoms with van der Waals surface area (Å²) < 4.78 is 27.5. The molecule has 1 aliphatic rings. The van der Waals surface area contributed by atoms with Gasteiger partial charge in [-0.1, -0.05) is 6.07 Å². The van der Waals surface area contributed by atoms with Crippen LogP contribution in [0.3, 0.4) is 0 Å². The molecule has 0 saturated heterocycles. The number of ether oxygens (including phenoxy) is 5. The van der Waals surface area contributed by atoms with Crippen LogP contribution < -0.4 is 28.6 Å². The molecule has 1 N–H and O–H groups in total. The van der Waals surface area contributed by atoms with E-state index in [0.717, 1.165) is 54.8 Å². The number of benzene rings is 3. The van der Waals surface area contributed by atoms with Crippen molar-refractivity contribution in [2.75, 3.05) is 34.2 Å². The van der Waals surface area contributed by atoms with Crippen LogP contribution in [0.25, 0.3) is 0 Å². The maximum absolute atomic E-state index is 5.60. The summed E-state index contributed by atoms with van der Waals surface area (Å²) in [6.07, 6.45) is 0.941. The smallest absolute Gasteiger partial charge is 0.231 e. The van der Waals surface area contributed by atoms with Gasteiger partial charge in [-0.05, 0) is 67.1 Å². The number of fused-ring (bicyclic) bond motifs is 1. The molecular weight excluding hydrogens is 418 g/mol. The Morgan fingerprint density at radius 1 is 0.758 bits per heavy atom. The van der Waals surface area contributed by atoms with Gasteiger partial charge in [-0.2, -0.15) is 0 Å². The lowest BCUT2D eigenvalue weighted by Crippen LogP contribution is -3.09. The van der Waals surface area contributed by atoms with Crippen molar-refractivity contribution in [2.45, 2.75) is 26.4 Å². The Labute approximate surface area is 195 Å². The number of rotatable bonds is 11. The largest absolute Gasteiger partial charge is 0.494 e. The van der Waals surface area contributed by atoms with Crippen molar-refractivity contribution in [3.63, 3.8) is 0 Å². The fourth-order valence-electron chi connectivity index (χ4n) is 4.09. The van der Waals surface area contributed by atoms with E-state index in [-0.39, 0.29) is 0 Å². The van der Waals surface area contributed by atoms with Crippen molar-refractivity contribution in [1.82, 2.24) is 0 Å². The first-order valence-corrected chi connectivity index (χ1v) is 11.3. The fraction of sp³-hybridized carbons (Fsp3) is 0.333. The van der Waals surface area contributed by atoms with E-state index in [1.807, 2.05) is 31.2 Å². The third-order valence-corrected chi connectivity index (χ3v) is 5.79. The molecule has 3 aromatic rings. The van der Waals surface area contributed by atoms with Crippen molar-refractivity contribution < 1.29 is 28.6 Å². The van der Waals surface area contributed by atoms with Crippen LogP contribution in [-0.2, 0) is 19.5 Å². The molecule has 6 heteroatoms. The molecule has 1 unspecified atom stereocenters. The number of nitrogens with one attached hydrogen (secondary N) is 1. The van der Waals surface area contributed by atoms with Crippen molar-refractivity contribution in [1.29, 1.82) is 0 Å². The van der Waals surface area contributed by atoms with Gasteiger partial charge in [0.25, 0.3) is 0 Å². The molecule has 0 fully saturated rings. The first-order valence-electron chi connectivity index (χ1n) is 11.3. The molecule has 0 bridgehead atoms. The van der Waals surface area contributed by atoms with Gasteiger partial charge in [0.2, 0.25) is 6.79 Å². The summed E-state index contributed by atoms with van der Waals surface area (Å²) >= 11 is 0. The molecule has 3 aromatic carbocycles. The van der Waals surface area contributed by atoms with Crippen LogP contribution in [0.2, 0.25) is 0 Å². The van der Waals surface area contributed by atoms with Gasteiger partial charge in [-0.3, -0.25) is 0 Å². The SMILES string of the molecule is CCOc1ccc(C[NH+](CCc2ccc3c(c2)OCO3)Cc2ccc(OC)c(OC)c2)cc1. The Bertz CT molecular complexity index is 1050. The van der Waals surface area contributed by atoms with Crippen LogP contribution in [0, 0.1) is 0 Å². The van der Waals surface area contributed by atoms with Crippen LogP contribution in [0.1, 0.15) is 23.6 Å². The van der Waals surface area contributed by atoms with Gasteiger partial charge in [0, 0.05) is 17.5 Å². The third kappa shape index (κ3) is 5.90. The Kier molecular flexibility index (Phi) is 7.58. The second-order valence-electron chi connectivity index (χ2n) is 8.06. The highest BCUT2D eigenvalue weighted by molar-refractivity contribution is 5.44. The Hall–Kier alpha value is -3.38. The molecule has 1 heterocycles. The van der Waals surface area contributed by atoms with Crippen molar-refractivity contribution in [2.24, 2.45) is 0 Å². The zero-order valence-corrected chi connectivity index (χ0v) is 19.6. The summed E-state index contributed by atoms with van der Waals surface area (Å²) in [7, 11) is 3.33. The van der Waals surface area contributed by atoms with Crippen LogP contribution in [0.4, 0.5) is 0 Å². The molecule has 1 aliphatic heterocycles. The Morgan fingerprint density at radius 2 is 1.45 bits per heavy atom. The van der Waals surface area contributed by atoms with E-state index < -0.39 is 0 Å². The van der Waals surface area contributed by atoms with Gasteiger partial charge in [0.15, 0.2) is 23.0 Å². The standard InChI is InChI=1S/C27H31NO5/c1-4-31-23-9-5-21(6-10-23)17-28(18-22-8-11-24(29-2)26(16-22)30-3)14-13-20-7-12-25-27(15-20)33-19-32-25/h5-12,15-16H,4,13-14,17-19H2,1-3H3/p+1. The van der Waals surface area contributed by atoms with Crippen molar-refractivity contribution >= 4 is 0 Å². The van der Waals surface area contributed by atoms with E-state index in [1.165, 1.54) is 21.6 Å². The Balaban J connectivity index is 1.49. The Morgan fingerprint density at radius 3 is 2.21 bits per heavy atom. The van der Waals surface area contributed by atoms with Gasteiger partial charge >= 0.3 is 0 Å². The molecule has 33 heavy (non-hydrogen) atoms. The minimum absolute atomic E-state index is 0.299. The molecule has 174 valence electrons.